The van der Waals surface area contributed by atoms with E-state index in [0.29, 0.717) is 11.6 Å². The second-order valence-electron chi connectivity index (χ2n) is 4.58. The standard InChI is InChI=1S/C14H16N2O4/c1-9(2)16-10(14(18)19)7-15-13(16)8-20-12-6-4-3-5-11(12)17/h3-7,9,17H,8H2,1-2H3,(H,18,19). The Bertz CT molecular complexity index is 619. The summed E-state index contributed by atoms with van der Waals surface area (Å²) in [6, 6.07) is 6.54. The number of aromatic nitrogens is 2. The number of imidazole rings is 1. The SMILES string of the molecule is CC(C)n1c(C(=O)O)cnc1COc1ccccc1O. The van der Waals surface area contributed by atoms with E-state index in [9.17, 15) is 9.90 Å². The highest BCUT2D eigenvalue weighted by Gasteiger charge is 2.18. The highest BCUT2D eigenvalue weighted by Crippen LogP contribution is 2.25. The van der Waals surface area contributed by atoms with E-state index in [1.165, 1.54) is 12.3 Å². The largest absolute Gasteiger partial charge is 0.504 e. The van der Waals surface area contributed by atoms with Gasteiger partial charge in [-0.1, -0.05) is 12.1 Å². The first-order valence-electron chi connectivity index (χ1n) is 6.21. The van der Waals surface area contributed by atoms with Crippen molar-refractivity contribution < 1.29 is 19.7 Å². The molecule has 106 valence electrons. The number of rotatable bonds is 5. The first-order chi connectivity index (χ1) is 9.50. The Morgan fingerprint density at radius 2 is 2.10 bits per heavy atom. The fraction of sp³-hybridized carbons (Fsp3) is 0.286. The summed E-state index contributed by atoms with van der Waals surface area (Å²) in [5, 5.41) is 18.7. The van der Waals surface area contributed by atoms with Crippen LogP contribution in [0.15, 0.2) is 30.5 Å². The van der Waals surface area contributed by atoms with Crippen LogP contribution in [-0.2, 0) is 6.61 Å². The van der Waals surface area contributed by atoms with E-state index >= 15 is 0 Å². The number of aromatic carboxylic acids is 1. The van der Waals surface area contributed by atoms with E-state index in [4.69, 9.17) is 9.84 Å². The maximum absolute atomic E-state index is 11.1. The Morgan fingerprint density at radius 1 is 1.40 bits per heavy atom. The number of benzene rings is 1. The predicted octanol–water partition coefficient (Wildman–Crippen LogP) is 2.45. The lowest BCUT2D eigenvalue weighted by Crippen LogP contribution is -2.15. The lowest BCUT2D eigenvalue weighted by Gasteiger charge is -2.14. The van der Waals surface area contributed by atoms with Gasteiger partial charge in [-0.05, 0) is 26.0 Å². The van der Waals surface area contributed by atoms with Crippen molar-refractivity contribution in [1.29, 1.82) is 0 Å². The summed E-state index contributed by atoms with van der Waals surface area (Å²) in [5.74, 6) is -0.156. The van der Waals surface area contributed by atoms with Gasteiger partial charge < -0.3 is 19.5 Å². The average molecular weight is 276 g/mol. The molecule has 0 spiro atoms. The lowest BCUT2D eigenvalue weighted by molar-refractivity contribution is 0.0682. The maximum Gasteiger partial charge on any atom is 0.354 e. The Kier molecular flexibility index (Phi) is 3.93. The summed E-state index contributed by atoms with van der Waals surface area (Å²) in [7, 11) is 0. The molecule has 0 saturated carbocycles. The summed E-state index contributed by atoms with van der Waals surface area (Å²) in [6.07, 6.45) is 1.31. The fourth-order valence-corrected chi connectivity index (χ4v) is 1.96. The zero-order valence-corrected chi connectivity index (χ0v) is 11.3. The smallest absolute Gasteiger partial charge is 0.354 e. The Balaban J connectivity index is 2.22. The van der Waals surface area contributed by atoms with Crippen molar-refractivity contribution in [2.75, 3.05) is 0 Å². The number of ether oxygens (including phenoxy) is 1. The fourth-order valence-electron chi connectivity index (χ4n) is 1.96. The molecule has 0 aliphatic carbocycles. The minimum absolute atomic E-state index is 0.0358. The molecule has 0 saturated heterocycles. The summed E-state index contributed by atoms with van der Waals surface area (Å²) in [4.78, 5) is 15.2. The molecule has 0 unspecified atom stereocenters. The van der Waals surface area contributed by atoms with Gasteiger partial charge in [-0.15, -0.1) is 0 Å². The Morgan fingerprint density at radius 3 is 2.70 bits per heavy atom. The van der Waals surface area contributed by atoms with Crippen molar-refractivity contribution in [3.8, 4) is 11.5 Å². The van der Waals surface area contributed by atoms with Crippen molar-refractivity contribution in [2.24, 2.45) is 0 Å². The highest BCUT2D eigenvalue weighted by molar-refractivity contribution is 5.85. The van der Waals surface area contributed by atoms with E-state index in [2.05, 4.69) is 4.98 Å². The van der Waals surface area contributed by atoms with Crippen LogP contribution in [-0.4, -0.2) is 25.7 Å². The molecule has 6 heteroatoms. The van der Waals surface area contributed by atoms with Crippen LogP contribution >= 0.6 is 0 Å². The third-order valence-electron chi connectivity index (χ3n) is 2.83. The van der Waals surface area contributed by atoms with Gasteiger partial charge >= 0.3 is 5.97 Å². The molecule has 0 aliphatic rings. The first-order valence-corrected chi connectivity index (χ1v) is 6.21. The third-order valence-corrected chi connectivity index (χ3v) is 2.83. The molecule has 1 heterocycles. The number of carbonyl (C=O) groups is 1. The zero-order chi connectivity index (χ0) is 14.7. The van der Waals surface area contributed by atoms with Crippen LogP contribution in [0.5, 0.6) is 11.5 Å². The van der Waals surface area contributed by atoms with E-state index in [1.807, 2.05) is 13.8 Å². The molecule has 1 aromatic heterocycles. The summed E-state index contributed by atoms with van der Waals surface area (Å²) in [6.45, 7) is 3.83. The molecule has 0 amide bonds. The number of phenolic OH excluding ortho intramolecular Hbond substituents is 1. The maximum atomic E-state index is 11.1. The van der Waals surface area contributed by atoms with Gasteiger partial charge in [0.15, 0.2) is 11.5 Å². The summed E-state index contributed by atoms with van der Waals surface area (Å²) < 4.78 is 7.08. The van der Waals surface area contributed by atoms with Gasteiger partial charge in [0.25, 0.3) is 0 Å². The van der Waals surface area contributed by atoms with Crippen LogP contribution in [0.1, 0.15) is 36.2 Å². The van der Waals surface area contributed by atoms with Crippen LogP contribution in [0.3, 0.4) is 0 Å². The number of carboxylic acids is 1. The van der Waals surface area contributed by atoms with Crippen molar-refractivity contribution in [2.45, 2.75) is 26.5 Å². The van der Waals surface area contributed by atoms with Crippen LogP contribution in [0, 0.1) is 0 Å². The van der Waals surface area contributed by atoms with Crippen molar-refractivity contribution in [3.63, 3.8) is 0 Å². The first kappa shape index (κ1) is 13.9. The molecule has 20 heavy (non-hydrogen) atoms. The molecule has 1 aromatic carbocycles. The van der Waals surface area contributed by atoms with Gasteiger partial charge in [-0.25, -0.2) is 9.78 Å². The number of aromatic hydroxyl groups is 1. The quantitative estimate of drug-likeness (QED) is 0.876. The summed E-state index contributed by atoms with van der Waals surface area (Å²) in [5.41, 5.74) is 0.121. The number of para-hydroxylation sites is 2. The minimum Gasteiger partial charge on any atom is -0.504 e. The van der Waals surface area contributed by atoms with Gasteiger partial charge in [0, 0.05) is 6.04 Å². The third kappa shape index (κ3) is 2.74. The second kappa shape index (κ2) is 5.64. The van der Waals surface area contributed by atoms with E-state index in [1.54, 1.807) is 22.8 Å². The second-order valence-corrected chi connectivity index (χ2v) is 4.58. The molecular weight excluding hydrogens is 260 g/mol. The van der Waals surface area contributed by atoms with Crippen LogP contribution in [0.25, 0.3) is 0 Å². The van der Waals surface area contributed by atoms with Crippen molar-refractivity contribution >= 4 is 5.97 Å². The number of hydrogen-bond acceptors (Lipinski definition) is 4. The van der Waals surface area contributed by atoms with E-state index < -0.39 is 5.97 Å². The number of carboxylic acid groups (broad SMARTS) is 1. The topological polar surface area (TPSA) is 84.6 Å². The minimum atomic E-state index is -1.03. The van der Waals surface area contributed by atoms with E-state index in [-0.39, 0.29) is 24.1 Å². The van der Waals surface area contributed by atoms with E-state index in [0.717, 1.165) is 0 Å². The van der Waals surface area contributed by atoms with Crippen LogP contribution in [0.2, 0.25) is 0 Å². The highest BCUT2D eigenvalue weighted by atomic mass is 16.5. The van der Waals surface area contributed by atoms with Gasteiger partial charge in [0.2, 0.25) is 0 Å². The molecule has 0 atom stereocenters. The van der Waals surface area contributed by atoms with Gasteiger partial charge in [0.05, 0.1) is 6.20 Å². The predicted molar refractivity (Wildman–Crippen MR) is 72.0 cm³/mol. The molecule has 0 radical (unpaired) electrons. The molecular formula is C14H16N2O4. The van der Waals surface area contributed by atoms with Gasteiger partial charge in [-0.3, -0.25) is 0 Å². The monoisotopic (exact) mass is 276 g/mol. The lowest BCUT2D eigenvalue weighted by atomic mass is 10.3. The van der Waals surface area contributed by atoms with Crippen molar-refractivity contribution in [3.05, 3.63) is 42.0 Å². The van der Waals surface area contributed by atoms with Crippen LogP contribution < -0.4 is 4.74 Å². The number of hydrogen-bond donors (Lipinski definition) is 2. The Labute approximate surface area is 116 Å². The molecule has 0 fully saturated rings. The zero-order valence-electron chi connectivity index (χ0n) is 11.3. The van der Waals surface area contributed by atoms with Crippen molar-refractivity contribution in [1.82, 2.24) is 9.55 Å². The molecule has 6 nitrogen and oxygen atoms in total. The Hall–Kier alpha value is -2.50. The van der Waals surface area contributed by atoms with Gasteiger partial charge in [-0.2, -0.15) is 0 Å². The number of nitrogens with zero attached hydrogens (tertiary/aromatic N) is 2. The average Bonchev–Trinajstić information content (AvgIpc) is 2.82. The van der Waals surface area contributed by atoms with Gasteiger partial charge in [0.1, 0.15) is 18.1 Å². The molecule has 0 aliphatic heterocycles. The molecule has 2 N–H and O–H groups in total. The number of phenols is 1. The van der Waals surface area contributed by atoms with Crippen LogP contribution in [0.4, 0.5) is 0 Å². The normalized spacial score (nSPS) is 10.8. The molecule has 2 rings (SSSR count). The summed E-state index contributed by atoms with van der Waals surface area (Å²) >= 11 is 0. The molecule has 2 aromatic rings. The molecule has 0 bridgehead atoms.